The van der Waals surface area contributed by atoms with Gasteiger partial charge in [-0.1, -0.05) is 24.6 Å². The van der Waals surface area contributed by atoms with Crippen molar-refractivity contribution in [1.82, 2.24) is 30.1 Å². The second-order valence-corrected chi connectivity index (χ2v) is 10.7. The normalized spacial score (nSPS) is 16.1. The highest BCUT2D eigenvalue weighted by molar-refractivity contribution is 5.79. The number of hydrogen-bond donors (Lipinski definition) is 1. The number of benzene rings is 2. The van der Waals surface area contributed by atoms with Gasteiger partial charge in [-0.2, -0.15) is 13.2 Å². The van der Waals surface area contributed by atoms with Crippen LogP contribution in [0.1, 0.15) is 55.7 Å². The van der Waals surface area contributed by atoms with Crippen molar-refractivity contribution >= 4 is 16.6 Å². The molecule has 0 saturated carbocycles. The number of aromatic amines is 1. The molecule has 5 rings (SSSR count). The molecule has 0 unspecified atom stereocenters. The number of nitrogens with one attached hydrogen (secondary N) is 1. The third kappa shape index (κ3) is 5.27. The van der Waals surface area contributed by atoms with Crippen LogP contribution in [0.4, 0.5) is 18.9 Å². The zero-order valence-corrected chi connectivity index (χ0v) is 22.5. The highest BCUT2D eigenvalue weighted by atomic mass is 19.4. The van der Waals surface area contributed by atoms with Crippen molar-refractivity contribution in [3.63, 3.8) is 0 Å². The molecule has 1 aliphatic heterocycles. The summed E-state index contributed by atoms with van der Waals surface area (Å²) in [5.41, 5.74) is 1.59. The molecule has 1 N–H and O–H groups in total. The molecule has 2 aromatic heterocycles. The van der Waals surface area contributed by atoms with Gasteiger partial charge in [-0.15, -0.1) is 5.10 Å². The average molecular weight is 540 g/mol. The summed E-state index contributed by atoms with van der Waals surface area (Å²) in [5.74, 6) is 0.562. The molecular formula is C28H32F3N7O. The summed E-state index contributed by atoms with van der Waals surface area (Å²) in [6, 6.07) is 12.6. The summed E-state index contributed by atoms with van der Waals surface area (Å²) in [7, 11) is 0. The lowest BCUT2D eigenvalue weighted by molar-refractivity contribution is -0.137. The Morgan fingerprint density at radius 1 is 1.03 bits per heavy atom. The lowest BCUT2D eigenvalue weighted by atomic mass is 9.98. The van der Waals surface area contributed by atoms with Crippen molar-refractivity contribution in [3.8, 4) is 0 Å². The van der Waals surface area contributed by atoms with Gasteiger partial charge in [-0.05, 0) is 79.4 Å². The monoisotopic (exact) mass is 539 g/mol. The number of fused-ring (bicyclic) bond motifs is 1. The first kappa shape index (κ1) is 26.9. The number of aromatic nitrogens is 5. The van der Waals surface area contributed by atoms with Crippen molar-refractivity contribution in [2.75, 3.05) is 31.1 Å². The van der Waals surface area contributed by atoms with Crippen LogP contribution in [0.2, 0.25) is 0 Å². The summed E-state index contributed by atoms with van der Waals surface area (Å²) in [6.45, 7) is 10.1. The predicted octanol–water partition coefficient (Wildman–Crippen LogP) is 4.90. The van der Waals surface area contributed by atoms with Gasteiger partial charge in [0.15, 0.2) is 5.82 Å². The van der Waals surface area contributed by atoms with Crippen LogP contribution in [0.25, 0.3) is 10.9 Å². The van der Waals surface area contributed by atoms with Crippen molar-refractivity contribution < 1.29 is 13.2 Å². The highest BCUT2D eigenvalue weighted by Gasteiger charge is 2.36. The molecule has 1 atom stereocenters. The van der Waals surface area contributed by atoms with E-state index in [1.807, 2.05) is 49.9 Å². The van der Waals surface area contributed by atoms with Gasteiger partial charge in [0.1, 0.15) is 6.04 Å². The first-order chi connectivity index (χ1) is 18.5. The second-order valence-electron chi connectivity index (χ2n) is 10.7. The minimum Gasteiger partial charge on any atom is -0.369 e. The predicted molar refractivity (Wildman–Crippen MR) is 144 cm³/mol. The minimum absolute atomic E-state index is 0.222. The molecular weight excluding hydrogens is 507 g/mol. The number of hydrogen-bond acceptors (Lipinski definition) is 6. The van der Waals surface area contributed by atoms with Crippen LogP contribution in [0, 0.1) is 6.92 Å². The number of rotatable bonds is 6. The third-order valence-corrected chi connectivity index (χ3v) is 7.72. The van der Waals surface area contributed by atoms with Gasteiger partial charge < -0.3 is 9.88 Å². The Hall–Kier alpha value is -3.73. The number of nitrogens with zero attached hydrogens (tertiary/aromatic N) is 6. The van der Waals surface area contributed by atoms with Crippen LogP contribution in [0.5, 0.6) is 0 Å². The van der Waals surface area contributed by atoms with Crippen molar-refractivity contribution in [2.45, 2.75) is 51.9 Å². The number of piperazine rings is 1. The van der Waals surface area contributed by atoms with Gasteiger partial charge in [-0.25, -0.2) is 4.68 Å². The van der Waals surface area contributed by atoms with E-state index in [1.165, 1.54) is 12.1 Å². The number of tetrazole rings is 1. The second kappa shape index (κ2) is 10.1. The molecule has 3 heterocycles. The molecule has 0 aliphatic carbocycles. The maximum absolute atomic E-state index is 13.5. The topological polar surface area (TPSA) is 82.9 Å². The van der Waals surface area contributed by atoms with E-state index in [1.54, 1.807) is 10.7 Å². The molecule has 1 saturated heterocycles. The summed E-state index contributed by atoms with van der Waals surface area (Å²) in [6.07, 6.45) is -3.63. The van der Waals surface area contributed by atoms with E-state index in [0.717, 1.165) is 29.0 Å². The molecule has 0 bridgehead atoms. The molecule has 206 valence electrons. The van der Waals surface area contributed by atoms with Gasteiger partial charge in [0.05, 0.1) is 11.1 Å². The van der Waals surface area contributed by atoms with Crippen molar-refractivity contribution in [3.05, 3.63) is 81.4 Å². The van der Waals surface area contributed by atoms with Gasteiger partial charge in [0.25, 0.3) is 5.56 Å². The van der Waals surface area contributed by atoms with E-state index in [-0.39, 0.29) is 5.56 Å². The molecule has 39 heavy (non-hydrogen) atoms. The van der Waals surface area contributed by atoms with Crippen LogP contribution < -0.4 is 10.5 Å². The maximum Gasteiger partial charge on any atom is 0.416 e. The number of anilines is 1. The quantitative estimate of drug-likeness (QED) is 0.376. The number of H-pyrrole nitrogens is 1. The summed E-state index contributed by atoms with van der Waals surface area (Å²) >= 11 is 0. The molecule has 0 amide bonds. The van der Waals surface area contributed by atoms with Crippen LogP contribution >= 0.6 is 0 Å². The Labute approximate surface area is 224 Å². The Morgan fingerprint density at radius 2 is 1.77 bits per heavy atom. The molecule has 1 aliphatic rings. The van der Waals surface area contributed by atoms with Gasteiger partial charge in [-0.3, -0.25) is 9.69 Å². The van der Waals surface area contributed by atoms with E-state index in [4.69, 9.17) is 0 Å². The number of halogens is 3. The fourth-order valence-electron chi connectivity index (χ4n) is 5.11. The van der Waals surface area contributed by atoms with Crippen molar-refractivity contribution in [2.24, 2.45) is 0 Å². The SMILES string of the molecule is CCC(C)(C)n1nnnc1[C@H](c1cc2cc(C)ccc2[nH]c1=O)N1CCN(c2cccc(C(F)(F)F)c2)CC1. The zero-order chi connectivity index (χ0) is 27.9. The molecule has 0 spiro atoms. The molecule has 8 nitrogen and oxygen atoms in total. The minimum atomic E-state index is -4.40. The van der Waals surface area contributed by atoms with Gasteiger partial charge in [0.2, 0.25) is 0 Å². The molecule has 2 aromatic carbocycles. The lowest BCUT2D eigenvalue weighted by Gasteiger charge is -2.40. The molecule has 11 heteroatoms. The molecule has 4 aromatic rings. The average Bonchev–Trinajstić information content (AvgIpc) is 3.40. The number of pyridine rings is 1. The molecule has 0 radical (unpaired) electrons. The van der Waals surface area contributed by atoms with E-state index in [9.17, 15) is 18.0 Å². The van der Waals surface area contributed by atoms with Gasteiger partial charge >= 0.3 is 6.18 Å². The fourth-order valence-corrected chi connectivity index (χ4v) is 5.11. The largest absolute Gasteiger partial charge is 0.416 e. The Kier molecular flexibility index (Phi) is 6.96. The standard InChI is InChI=1S/C28H32F3N7O/c1-5-27(3,4)38-25(33-34-35-38)24(22-16-19-15-18(2)9-10-23(19)32-26(22)39)37-13-11-36(12-14-37)21-8-6-7-20(17-21)28(29,30)31/h6-10,15-17,24H,5,11-14H2,1-4H3,(H,32,39)/t24-/m0/s1. The third-order valence-electron chi connectivity index (χ3n) is 7.72. The van der Waals surface area contributed by atoms with Crippen LogP contribution in [0.15, 0.2) is 53.3 Å². The Balaban J connectivity index is 1.53. The molecule has 1 fully saturated rings. The summed E-state index contributed by atoms with van der Waals surface area (Å²) < 4.78 is 41.7. The van der Waals surface area contributed by atoms with E-state index < -0.39 is 23.3 Å². The van der Waals surface area contributed by atoms with Crippen LogP contribution in [-0.4, -0.2) is 56.3 Å². The van der Waals surface area contributed by atoms with Crippen molar-refractivity contribution in [1.29, 1.82) is 0 Å². The lowest BCUT2D eigenvalue weighted by Crippen LogP contribution is -2.49. The fraction of sp³-hybridized carbons (Fsp3) is 0.429. The first-order valence-corrected chi connectivity index (χ1v) is 13.1. The Bertz CT molecular complexity index is 1530. The number of alkyl halides is 3. The van der Waals surface area contributed by atoms with Crippen LogP contribution in [0.3, 0.4) is 0 Å². The van der Waals surface area contributed by atoms with Crippen LogP contribution in [-0.2, 0) is 11.7 Å². The van der Waals surface area contributed by atoms with E-state index >= 15 is 0 Å². The Morgan fingerprint density at radius 3 is 2.46 bits per heavy atom. The highest BCUT2D eigenvalue weighted by Crippen LogP contribution is 2.34. The first-order valence-electron chi connectivity index (χ1n) is 13.1. The van der Waals surface area contributed by atoms with E-state index in [2.05, 4.69) is 32.3 Å². The summed E-state index contributed by atoms with van der Waals surface area (Å²) in [5, 5.41) is 13.6. The van der Waals surface area contributed by atoms with E-state index in [0.29, 0.717) is 43.3 Å². The zero-order valence-electron chi connectivity index (χ0n) is 22.5. The summed E-state index contributed by atoms with van der Waals surface area (Å²) in [4.78, 5) is 20.6. The number of aryl methyl sites for hydroxylation is 1. The maximum atomic E-state index is 13.5. The van der Waals surface area contributed by atoms with Gasteiger partial charge in [0, 0.05) is 42.9 Å². The smallest absolute Gasteiger partial charge is 0.369 e.